The first-order chi connectivity index (χ1) is 13.0. The van der Waals surface area contributed by atoms with Crippen molar-refractivity contribution in [1.29, 1.82) is 0 Å². The fourth-order valence-electron chi connectivity index (χ4n) is 3.26. The van der Waals surface area contributed by atoms with Crippen LogP contribution in [0.25, 0.3) is 0 Å². The number of ether oxygens (including phenoxy) is 2. The molecule has 3 rings (SSSR count). The Labute approximate surface area is 157 Å². The Kier molecular flexibility index (Phi) is 5.75. The lowest BCUT2D eigenvalue weighted by Crippen LogP contribution is -2.34. The minimum absolute atomic E-state index is 0.189. The van der Waals surface area contributed by atoms with Gasteiger partial charge in [0.15, 0.2) is 6.04 Å². The molecule has 1 aliphatic heterocycles. The lowest BCUT2D eigenvalue weighted by molar-refractivity contribution is -0.139. The van der Waals surface area contributed by atoms with Crippen molar-refractivity contribution in [3.63, 3.8) is 0 Å². The highest BCUT2D eigenvalue weighted by Crippen LogP contribution is 2.24. The maximum atomic E-state index is 12.7. The van der Waals surface area contributed by atoms with Gasteiger partial charge in [-0.15, -0.1) is 0 Å². The SMILES string of the molecule is COc1cccc(C(NC(=O)c2cnn(C3CCOCC3)c2C)C(=O)O)c1. The molecule has 1 aliphatic rings. The second-order valence-electron chi connectivity index (χ2n) is 6.45. The quantitative estimate of drug-likeness (QED) is 0.804. The first-order valence-electron chi connectivity index (χ1n) is 8.80. The predicted molar refractivity (Wildman–Crippen MR) is 96.9 cm³/mol. The van der Waals surface area contributed by atoms with E-state index in [1.54, 1.807) is 24.3 Å². The van der Waals surface area contributed by atoms with Crippen molar-refractivity contribution in [2.24, 2.45) is 0 Å². The average molecular weight is 373 g/mol. The fourth-order valence-corrected chi connectivity index (χ4v) is 3.26. The van der Waals surface area contributed by atoms with E-state index in [2.05, 4.69) is 10.4 Å². The van der Waals surface area contributed by atoms with Gasteiger partial charge >= 0.3 is 5.97 Å². The molecule has 2 aromatic rings. The third-order valence-corrected chi connectivity index (χ3v) is 4.78. The van der Waals surface area contributed by atoms with Gasteiger partial charge in [0.25, 0.3) is 5.91 Å². The van der Waals surface area contributed by atoms with Gasteiger partial charge in [0.05, 0.1) is 24.9 Å². The Morgan fingerprint density at radius 1 is 1.37 bits per heavy atom. The van der Waals surface area contributed by atoms with E-state index in [0.717, 1.165) is 12.8 Å². The number of aliphatic carboxylic acids is 1. The van der Waals surface area contributed by atoms with Gasteiger partial charge in [-0.2, -0.15) is 5.10 Å². The largest absolute Gasteiger partial charge is 0.497 e. The van der Waals surface area contributed by atoms with Crippen molar-refractivity contribution in [3.8, 4) is 5.75 Å². The average Bonchev–Trinajstić information content (AvgIpc) is 3.08. The van der Waals surface area contributed by atoms with E-state index >= 15 is 0 Å². The molecule has 2 N–H and O–H groups in total. The molecule has 144 valence electrons. The third-order valence-electron chi connectivity index (χ3n) is 4.78. The summed E-state index contributed by atoms with van der Waals surface area (Å²) in [7, 11) is 1.50. The molecule has 0 radical (unpaired) electrons. The number of carboxylic acid groups (broad SMARTS) is 1. The Hall–Kier alpha value is -2.87. The Morgan fingerprint density at radius 2 is 2.11 bits per heavy atom. The van der Waals surface area contributed by atoms with Crippen molar-refractivity contribution in [3.05, 3.63) is 47.3 Å². The van der Waals surface area contributed by atoms with Gasteiger partial charge in [-0.3, -0.25) is 9.48 Å². The summed E-state index contributed by atoms with van der Waals surface area (Å²) >= 11 is 0. The topological polar surface area (TPSA) is 103 Å². The molecule has 1 saturated heterocycles. The lowest BCUT2D eigenvalue weighted by atomic mass is 10.1. The summed E-state index contributed by atoms with van der Waals surface area (Å²) < 4.78 is 12.3. The molecule has 1 unspecified atom stereocenters. The van der Waals surface area contributed by atoms with Crippen molar-refractivity contribution in [1.82, 2.24) is 15.1 Å². The maximum Gasteiger partial charge on any atom is 0.330 e. The van der Waals surface area contributed by atoms with Crippen LogP contribution in [0.2, 0.25) is 0 Å². The maximum absolute atomic E-state index is 12.7. The number of aromatic nitrogens is 2. The molecule has 1 atom stereocenters. The zero-order chi connectivity index (χ0) is 19.4. The summed E-state index contributed by atoms with van der Waals surface area (Å²) in [5, 5.41) is 16.5. The van der Waals surface area contributed by atoms with Crippen LogP contribution in [0.5, 0.6) is 5.75 Å². The van der Waals surface area contributed by atoms with Crippen molar-refractivity contribution < 1.29 is 24.2 Å². The third kappa shape index (κ3) is 4.11. The fraction of sp³-hybridized carbons (Fsp3) is 0.421. The number of amides is 1. The molecule has 1 aromatic carbocycles. The molecule has 8 nitrogen and oxygen atoms in total. The van der Waals surface area contributed by atoms with E-state index in [0.29, 0.717) is 35.8 Å². The van der Waals surface area contributed by atoms with Gasteiger partial charge in [0.2, 0.25) is 0 Å². The zero-order valence-corrected chi connectivity index (χ0v) is 15.3. The summed E-state index contributed by atoms with van der Waals surface area (Å²) in [6, 6.07) is 5.64. The molecule has 2 heterocycles. The van der Waals surface area contributed by atoms with Crippen LogP contribution in [0.1, 0.15) is 46.5 Å². The molecule has 1 fully saturated rings. The molecular formula is C19H23N3O5. The monoisotopic (exact) mass is 373 g/mol. The molecule has 0 bridgehead atoms. The summed E-state index contributed by atoms with van der Waals surface area (Å²) in [4.78, 5) is 24.4. The second-order valence-corrected chi connectivity index (χ2v) is 6.45. The summed E-state index contributed by atoms with van der Waals surface area (Å²) in [6.07, 6.45) is 3.17. The number of nitrogens with zero attached hydrogens (tertiary/aromatic N) is 2. The molecule has 0 saturated carbocycles. The Morgan fingerprint density at radius 3 is 2.78 bits per heavy atom. The zero-order valence-electron chi connectivity index (χ0n) is 15.3. The molecule has 0 aliphatic carbocycles. The van der Waals surface area contributed by atoms with Crippen LogP contribution < -0.4 is 10.1 Å². The van der Waals surface area contributed by atoms with Crippen LogP contribution in [-0.2, 0) is 9.53 Å². The van der Waals surface area contributed by atoms with Gasteiger partial charge in [0, 0.05) is 18.9 Å². The van der Waals surface area contributed by atoms with Crippen LogP contribution in [0.3, 0.4) is 0 Å². The van der Waals surface area contributed by atoms with Crippen LogP contribution in [0.4, 0.5) is 0 Å². The van der Waals surface area contributed by atoms with Crippen molar-refractivity contribution in [2.75, 3.05) is 20.3 Å². The van der Waals surface area contributed by atoms with E-state index in [9.17, 15) is 14.7 Å². The number of carbonyl (C=O) groups excluding carboxylic acids is 1. The number of methoxy groups -OCH3 is 1. The highest BCUT2D eigenvalue weighted by molar-refractivity contribution is 5.97. The number of benzene rings is 1. The van der Waals surface area contributed by atoms with Crippen molar-refractivity contribution >= 4 is 11.9 Å². The summed E-state index contributed by atoms with van der Waals surface area (Å²) in [5.41, 5.74) is 1.52. The number of hydrogen-bond donors (Lipinski definition) is 2. The number of nitrogens with one attached hydrogen (secondary N) is 1. The van der Waals surface area contributed by atoms with Gasteiger partial charge in [-0.1, -0.05) is 12.1 Å². The predicted octanol–water partition coefficient (Wildman–Crippen LogP) is 2.11. The molecule has 27 heavy (non-hydrogen) atoms. The van der Waals surface area contributed by atoms with Gasteiger partial charge in [-0.05, 0) is 37.5 Å². The number of rotatable bonds is 6. The summed E-state index contributed by atoms with van der Waals surface area (Å²) in [6.45, 7) is 3.16. The number of carboxylic acids is 1. The minimum Gasteiger partial charge on any atom is -0.497 e. The minimum atomic E-state index is -1.18. The standard InChI is InChI=1S/C19H23N3O5/c1-12-16(11-20-22(12)14-6-8-27-9-7-14)18(23)21-17(19(24)25)13-4-3-5-15(10-13)26-2/h3-5,10-11,14,17H,6-9H2,1-2H3,(H,21,23)(H,24,25). The Balaban J connectivity index is 1.80. The molecule has 0 spiro atoms. The highest BCUT2D eigenvalue weighted by Gasteiger charge is 2.26. The van der Waals surface area contributed by atoms with Crippen LogP contribution in [0, 0.1) is 6.92 Å². The van der Waals surface area contributed by atoms with Crippen LogP contribution in [-0.4, -0.2) is 47.1 Å². The van der Waals surface area contributed by atoms with Crippen LogP contribution in [0.15, 0.2) is 30.5 Å². The number of carbonyl (C=O) groups is 2. The van der Waals surface area contributed by atoms with E-state index in [-0.39, 0.29) is 6.04 Å². The first-order valence-corrected chi connectivity index (χ1v) is 8.80. The van der Waals surface area contributed by atoms with E-state index in [1.807, 2.05) is 11.6 Å². The van der Waals surface area contributed by atoms with Gasteiger partial charge < -0.3 is 19.9 Å². The highest BCUT2D eigenvalue weighted by atomic mass is 16.5. The van der Waals surface area contributed by atoms with E-state index in [1.165, 1.54) is 13.3 Å². The van der Waals surface area contributed by atoms with Crippen LogP contribution >= 0.6 is 0 Å². The van der Waals surface area contributed by atoms with Gasteiger partial charge in [0.1, 0.15) is 5.75 Å². The molecular weight excluding hydrogens is 350 g/mol. The molecule has 1 aromatic heterocycles. The summed E-state index contributed by atoms with van der Waals surface area (Å²) in [5.74, 6) is -1.09. The number of hydrogen-bond acceptors (Lipinski definition) is 5. The normalized spacial score (nSPS) is 15.9. The first kappa shape index (κ1) is 18.9. The second kappa shape index (κ2) is 8.22. The van der Waals surface area contributed by atoms with Crippen molar-refractivity contribution in [2.45, 2.75) is 31.8 Å². The smallest absolute Gasteiger partial charge is 0.330 e. The van der Waals surface area contributed by atoms with Gasteiger partial charge in [-0.25, -0.2) is 4.79 Å². The molecule has 8 heteroatoms. The van der Waals surface area contributed by atoms with E-state index < -0.39 is 17.9 Å². The molecule has 1 amide bonds. The lowest BCUT2D eigenvalue weighted by Gasteiger charge is -2.23. The Bertz CT molecular complexity index is 827. The van der Waals surface area contributed by atoms with E-state index in [4.69, 9.17) is 9.47 Å².